The molecule has 0 amide bonds. The van der Waals surface area contributed by atoms with Crippen LogP contribution in [0, 0.1) is 5.89 Å². The smallest absolute Gasteiger partial charge is 0.306 e. The van der Waals surface area contributed by atoms with Crippen LogP contribution in [0.2, 0.25) is 56.5 Å². The Morgan fingerprint density at radius 3 is 2.24 bits per heavy atom. The lowest BCUT2D eigenvalue weighted by atomic mass is 9.79. The quantitative estimate of drug-likeness (QED) is 0.0495. The van der Waals surface area contributed by atoms with E-state index in [0.29, 0.717) is 63.2 Å². The standard InChI is InChI=1S/C33H52ClN5O4Si2/c1-8-43-32(40)19-25-9-11-26(12-10-25)29-20-31(39-33(37-29)28(22-36-39)27-13-14-30(34)35-21-27)38(23-41-15-17-44(2,3)4)24-42-16-18-45(5,6)7/h13-14,20-22,25-26H,8-12,15-19,23-24H2,1-7H3/i19D,25D. The molecule has 9 nitrogen and oxygen atoms in total. The number of carbonyl (C=O) groups is 1. The molecule has 0 bridgehead atoms. The number of esters is 1. The lowest BCUT2D eigenvalue weighted by molar-refractivity contribution is -0.144. The second kappa shape index (κ2) is 16.0. The third kappa shape index (κ3) is 10.9. The summed E-state index contributed by atoms with van der Waals surface area (Å²) in [5.74, 6) is -0.957. The molecule has 1 aliphatic rings. The summed E-state index contributed by atoms with van der Waals surface area (Å²) in [6.07, 6.45) is 4.37. The van der Waals surface area contributed by atoms with Gasteiger partial charge in [-0.2, -0.15) is 9.61 Å². The fourth-order valence-electron chi connectivity index (χ4n) is 5.19. The second-order valence-electron chi connectivity index (χ2n) is 14.3. The monoisotopic (exact) mass is 675 g/mol. The lowest BCUT2D eigenvalue weighted by Gasteiger charge is -2.30. The fraction of sp³-hybridized carbons (Fsp3) is 0.636. The zero-order chi connectivity index (χ0) is 34.4. The Balaban J connectivity index is 1.70. The summed E-state index contributed by atoms with van der Waals surface area (Å²) in [7, 11) is -2.55. The van der Waals surface area contributed by atoms with E-state index in [1.54, 1.807) is 25.4 Å². The van der Waals surface area contributed by atoms with E-state index in [2.05, 4.69) is 55.2 Å². The van der Waals surface area contributed by atoms with Crippen molar-refractivity contribution in [2.75, 3.05) is 38.2 Å². The molecule has 3 aromatic rings. The van der Waals surface area contributed by atoms with E-state index in [0.717, 1.165) is 34.7 Å². The van der Waals surface area contributed by atoms with Gasteiger partial charge in [0.1, 0.15) is 24.4 Å². The minimum atomic E-state index is -1.28. The molecular weight excluding hydrogens is 622 g/mol. The van der Waals surface area contributed by atoms with Crippen molar-refractivity contribution in [1.82, 2.24) is 19.6 Å². The third-order valence-electron chi connectivity index (χ3n) is 7.98. The summed E-state index contributed by atoms with van der Waals surface area (Å²) >= 11 is 6.11. The van der Waals surface area contributed by atoms with Gasteiger partial charge in [-0.1, -0.05) is 50.9 Å². The zero-order valence-electron chi connectivity index (χ0n) is 30.1. The number of carbonyl (C=O) groups excluding carboxylic acids is 1. The Kier molecular flexibility index (Phi) is 11.6. The van der Waals surface area contributed by atoms with Crippen molar-refractivity contribution >= 4 is 45.2 Å². The summed E-state index contributed by atoms with van der Waals surface area (Å²) < 4.78 is 36.9. The van der Waals surface area contributed by atoms with Gasteiger partial charge in [0.2, 0.25) is 0 Å². The van der Waals surface area contributed by atoms with Gasteiger partial charge >= 0.3 is 5.97 Å². The van der Waals surface area contributed by atoms with Crippen molar-refractivity contribution in [2.24, 2.45) is 5.89 Å². The van der Waals surface area contributed by atoms with Crippen molar-refractivity contribution in [3.8, 4) is 11.1 Å². The summed E-state index contributed by atoms with van der Waals surface area (Å²) in [4.78, 5) is 23.9. The number of rotatable bonds is 16. The van der Waals surface area contributed by atoms with Gasteiger partial charge in [-0.05, 0) is 62.7 Å². The van der Waals surface area contributed by atoms with Crippen molar-refractivity contribution in [2.45, 2.75) is 96.3 Å². The normalized spacial score (nSPS) is 20.5. The van der Waals surface area contributed by atoms with Gasteiger partial charge < -0.3 is 19.1 Å². The summed E-state index contributed by atoms with van der Waals surface area (Å²) in [6.45, 7) is 18.0. The van der Waals surface area contributed by atoms with E-state index in [-0.39, 0.29) is 12.5 Å². The highest BCUT2D eigenvalue weighted by atomic mass is 35.5. The number of ether oxygens (including phenoxy) is 3. The van der Waals surface area contributed by atoms with Crippen molar-refractivity contribution in [3.63, 3.8) is 0 Å². The van der Waals surface area contributed by atoms with E-state index < -0.39 is 34.4 Å². The first kappa shape index (κ1) is 32.6. The van der Waals surface area contributed by atoms with E-state index in [1.807, 2.05) is 10.6 Å². The molecule has 3 aromatic heterocycles. The van der Waals surface area contributed by atoms with Gasteiger partial charge in [0, 0.05) is 73.5 Å². The average Bonchev–Trinajstić information content (AvgIpc) is 3.43. The Hall–Kier alpha value is -2.32. The number of hydrogen-bond donors (Lipinski definition) is 0. The number of fused-ring (bicyclic) bond motifs is 1. The van der Waals surface area contributed by atoms with Crippen molar-refractivity contribution in [1.29, 1.82) is 0 Å². The van der Waals surface area contributed by atoms with E-state index in [4.69, 9.17) is 38.6 Å². The number of halogens is 1. The Morgan fingerprint density at radius 1 is 1.04 bits per heavy atom. The average molecular weight is 676 g/mol. The summed E-state index contributed by atoms with van der Waals surface area (Å²) in [5.41, 5.74) is 3.24. The van der Waals surface area contributed by atoms with Crippen molar-refractivity contribution < 1.29 is 21.7 Å². The van der Waals surface area contributed by atoms with Crippen LogP contribution in [0.1, 0.15) is 53.4 Å². The molecule has 3 heterocycles. The van der Waals surface area contributed by atoms with Crippen molar-refractivity contribution in [3.05, 3.63) is 41.4 Å². The molecule has 0 N–H and O–H groups in total. The molecule has 1 aliphatic carbocycles. The minimum Gasteiger partial charge on any atom is -0.466 e. The van der Waals surface area contributed by atoms with E-state index >= 15 is 0 Å². The predicted octanol–water partition coefficient (Wildman–Crippen LogP) is 8.10. The maximum Gasteiger partial charge on any atom is 0.306 e. The van der Waals surface area contributed by atoms with Crippen LogP contribution >= 0.6 is 11.6 Å². The number of aromatic nitrogens is 4. The number of pyridine rings is 1. The zero-order valence-corrected chi connectivity index (χ0v) is 30.8. The first-order valence-electron chi connectivity index (χ1n) is 17.2. The lowest BCUT2D eigenvalue weighted by Crippen LogP contribution is -2.33. The van der Waals surface area contributed by atoms with Crippen LogP contribution < -0.4 is 4.90 Å². The highest BCUT2D eigenvalue weighted by Crippen LogP contribution is 2.38. The molecule has 1 fully saturated rings. The van der Waals surface area contributed by atoms with Crippen LogP contribution in [0.15, 0.2) is 30.6 Å². The molecule has 0 aliphatic heterocycles. The third-order valence-corrected chi connectivity index (χ3v) is 11.6. The summed E-state index contributed by atoms with van der Waals surface area (Å²) in [5, 5.41) is 5.20. The topological polar surface area (TPSA) is 91.1 Å². The second-order valence-corrected chi connectivity index (χ2v) is 25.9. The molecule has 1 atom stereocenters. The maximum atomic E-state index is 12.4. The Labute approximate surface area is 278 Å². The van der Waals surface area contributed by atoms with Gasteiger partial charge in [0.15, 0.2) is 5.65 Å². The van der Waals surface area contributed by atoms with Crippen LogP contribution in [0.4, 0.5) is 5.82 Å². The number of nitrogens with zero attached hydrogens (tertiary/aromatic N) is 5. The summed E-state index contributed by atoms with van der Waals surface area (Å²) in [6, 6.07) is 7.85. The SMILES string of the molecule is [2H]C(C(=O)OCC)C1([2H])CCC(c2cc(N(COCC[Si](C)(C)C)COCC[Si](C)(C)C)n3ncc(-c4ccc(Cl)nc4)c3n2)CC1. The largest absolute Gasteiger partial charge is 0.466 e. The van der Waals surface area contributed by atoms with Gasteiger partial charge in [0.25, 0.3) is 0 Å². The highest BCUT2D eigenvalue weighted by Gasteiger charge is 2.28. The van der Waals surface area contributed by atoms with Crippen LogP contribution in [-0.4, -0.2) is 75.0 Å². The molecule has 12 heteroatoms. The van der Waals surface area contributed by atoms with Crippen LogP contribution in [0.5, 0.6) is 0 Å². The first-order valence-corrected chi connectivity index (χ1v) is 23.9. The molecular formula is C33H52ClN5O4Si2. The van der Waals surface area contributed by atoms with Gasteiger partial charge in [-0.15, -0.1) is 0 Å². The number of hydrogen-bond acceptors (Lipinski definition) is 8. The highest BCUT2D eigenvalue weighted by molar-refractivity contribution is 6.76. The predicted molar refractivity (Wildman–Crippen MR) is 188 cm³/mol. The Morgan fingerprint density at radius 2 is 1.69 bits per heavy atom. The van der Waals surface area contributed by atoms with E-state index in [1.165, 1.54) is 0 Å². The molecule has 248 valence electrons. The minimum absolute atomic E-state index is 0.0418. The molecule has 1 unspecified atom stereocenters. The fourth-order valence-corrected chi connectivity index (χ4v) is 6.82. The van der Waals surface area contributed by atoms with Gasteiger partial charge in [-0.25, -0.2) is 9.97 Å². The molecule has 4 rings (SSSR count). The Bertz CT molecular complexity index is 1450. The molecule has 0 spiro atoms. The molecule has 0 radical (unpaired) electrons. The molecule has 0 saturated heterocycles. The van der Waals surface area contributed by atoms with Gasteiger partial charge in [-0.3, -0.25) is 4.79 Å². The van der Waals surface area contributed by atoms with Gasteiger partial charge in [0.05, 0.1) is 12.8 Å². The molecule has 0 aromatic carbocycles. The van der Waals surface area contributed by atoms with Crippen LogP contribution in [-0.2, 0) is 19.0 Å². The first-order chi connectivity index (χ1) is 22.1. The maximum absolute atomic E-state index is 12.4. The van der Waals surface area contributed by atoms with E-state index in [9.17, 15) is 4.79 Å². The number of anilines is 1. The molecule has 1 saturated carbocycles. The van der Waals surface area contributed by atoms with Crippen LogP contribution in [0.25, 0.3) is 16.8 Å². The van der Waals surface area contributed by atoms with Crippen LogP contribution in [0.3, 0.4) is 0 Å². The molecule has 45 heavy (non-hydrogen) atoms.